The predicted octanol–water partition coefficient (Wildman–Crippen LogP) is 1.68. The molecule has 0 bridgehead atoms. The van der Waals surface area contributed by atoms with Crippen LogP contribution >= 0.6 is 58.0 Å². The van der Waals surface area contributed by atoms with E-state index in [1.54, 1.807) is 0 Å². The van der Waals surface area contributed by atoms with E-state index in [1.807, 2.05) is 0 Å². The normalized spacial score (nSPS) is 9.55. The molecule has 0 unspecified atom stereocenters. The van der Waals surface area contributed by atoms with E-state index in [9.17, 15) is 0 Å². The van der Waals surface area contributed by atoms with Gasteiger partial charge >= 0.3 is 18.9 Å². The van der Waals surface area contributed by atoms with E-state index in [4.69, 9.17) is 58.0 Å². The summed E-state index contributed by atoms with van der Waals surface area (Å²) in [6, 6.07) is 0. The zero-order valence-corrected chi connectivity index (χ0v) is 9.17. The smallest absolute Gasteiger partial charge is 0.177 e. The molecular formula is C5Cl5Li. The van der Waals surface area contributed by atoms with Crippen LogP contribution in [0.25, 0.3) is 0 Å². The van der Waals surface area contributed by atoms with Gasteiger partial charge in [0.25, 0.3) is 0 Å². The van der Waals surface area contributed by atoms with Crippen LogP contribution in [0, 0.1) is 0 Å². The Morgan fingerprint density at radius 1 is 0.818 bits per heavy atom. The minimum atomic E-state index is 0. The summed E-state index contributed by atoms with van der Waals surface area (Å²) in [4.78, 5) is 0. The van der Waals surface area contributed by atoms with Gasteiger partial charge < -0.3 is 0 Å². The van der Waals surface area contributed by atoms with E-state index in [2.05, 4.69) is 0 Å². The number of rotatable bonds is 0. The van der Waals surface area contributed by atoms with Crippen LogP contribution in [-0.2, 0) is 0 Å². The average Bonchev–Trinajstić information content (AvgIpc) is 2.07. The third-order valence-corrected chi connectivity index (χ3v) is 3.34. The van der Waals surface area contributed by atoms with Crippen LogP contribution in [0.4, 0.5) is 0 Å². The van der Waals surface area contributed by atoms with Gasteiger partial charge in [0.05, 0.1) is 0 Å². The first-order chi connectivity index (χ1) is 4.55. The van der Waals surface area contributed by atoms with Crippen LogP contribution in [0.3, 0.4) is 0 Å². The quantitative estimate of drug-likeness (QED) is 0.481. The molecule has 0 amide bonds. The predicted molar refractivity (Wildman–Crippen MR) is 47.1 cm³/mol. The van der Waals surface area contributed by atoms with Gasteiger partial charge in [-0.05, 0) is 15.1 Å². The molecule has 0 N–H and O–H groups in total. The Hall–Kier alpha value is 1.40. The Morgan fingerprint density at radius 2 is 1.09 bits per heavy atom. The second kappa shape index (κ2) is 4.58. The summed E-state index contributed by atoms with van der Waals surface area (Å²) in [5, 5.41) is 1.03. The fourth-order valence-corrected chi connectivity index (χ4v) is 1.67. The van der Waals surface area contributed by atoms with E-state index < -0.39 is 0 Å². The molecule has 0 atom stereocenters. The van der Waals surface area contributed by atoms with Gasteiger partial charge in [-0.25, -0.2) is 0 Å². The van der Waals surface area contributed by atoms with E-state index in [1.165, 1.54) is 0 Å². The van der Waals surface area contributed by atoms with Crippen molar-refractivity contribution < 1.29 is 18.9 Å². The fraction of sp³-hybridized carbons (Fsp3) is 0. The van der Waals surface area contributed by atoms with Crippen LogP contribution in [0.15, 0.2) is 0 Å². The Labute approximate surface area is 101 Å². The zero-order valence-electron chi connectivity index (χ0n) is 5.39. The van der Waals surface area contributed by atoms with Crippen molar-refractivity contribution in [2.45, 2.75) is 0 Å². The summed E-state index contributed by atoms with van der Waals surface area (Å²) in [5.41, 5.74) is 0. The maximum atomic E-state index is 5.57. The molecule has 0 aliphatic heterocycles. The molecule has 1 aromatic carbocycles. The first kappa shape index (κ1) is 12.4. The zero-order chi connectivity index (χ0) is 7.89. The summed E-state index contributed by atoms with van der Waals surface area (Å²) in [7, 11) is 0. The van der Waals surface area contributed by atoms with Crippen molar-refractivity contribution in [3.8, 4) is 0 Å². The first-order valence-corrected chi connectivity index (χ1v) is 4.08. The van der Waals surface area contributed by atoms with Gasteiger partial charge in [-0.2, -0.15) is 34.8 Å². The topological polar surface area (TPSA) is 0 Å². The van der Waals surface area contributed by atoms with Crippen LogP contribution < -0.4 is 18.9 Å². The second-order valence-corrected chi connectivity index (χ2v) is 3.46. The Kier molecular flexibility index (Phi) is 5.16. The van der Waals surface area contributed by atoms with Crippen molar-refractivity contribution in [2.24, 2.45) is 0 Å². The van der Waals surface area contributed by atoms with Gasteiger partial charge in [0.2, 0.25) is 0 Å². The minimum Gasteiger partial charge on any atom is -0.177 e. The van der Waals surface area contributed by atoms with Crippen molar-refractivity contribution >= 4 is 58.0 Å². The number of halogens is 5. The van der Waals surface area contributed by atoms with Crippen molar-refractivity contribution in [3.05, 3.63) is 25.1 Å². The van der Waals surface area contributed by atoms with Gasteiger partial charge in [0, 0.05) is 0 Å². The van der Waals surface area contributed by atoms with Crippen LogP contribution in [-0.4, -0.2) is 0 Å². The van der Waals surface area contributed by atoms with E-state index in [-0.39, 0.29) is 44.0 Å². The van der Waals surface area contributed by atoms with Crippen molar-refractivity contribution in [3.63, 3.8) is 0 Å². The molecule has 0 fully saturated rings. The van der Waals surface area contributed by atoms with Crippen LogP contribution in [0.1, 0.15) is 0 Å². The largest absolute Gasteiger partial charge is 1.00 e. The third-order valence-electron chi connectivity index (χ3n) is 0.964. The van der Waals surface area contributed by atoms with Crippen molar-refractivity contribution in [2.75, 3.05) is 0 Å². The Balaban J connectivity index is 0.000001000. The monoisotopic (exact) mass is 242 g/mol. The Morgan fingerprint density at radius 3 is 1.18 bits per heavy atom. The molecule has 6 heteroatoms. The summed E-state index contributed by atoms with van der Waals surface area (Å²) in [5.74, 6) is 0. The Bertz CT molecular complexity index is 186. The van der Waals surface area contributed by atoms with Gasteiger partial charge in [-0.15, -0.1) is 23.2 Å². The van der Waals surface area contributed by atoms with Gasteiger partial charge in [0.15, 0.2) is 0 Å². The molecule has 1 aromatic rings. The molecule has 0 radical (unpaired) electrons. The molecule has 11 heavy (non-hydrogen) atoms. The molecule has 56 valence electrons. The second-order valence-electron chi connectivity index (χ2n) is 1.57. The molecule has 0 heterocycles. The number of hydrogen-bond donors (Lipinski definition) is 0. The van der Waals surface area contributed by atoms with Gasteiger partial charge in [-0.3, -0.25) is 0 Å². The molecule has 0 spiro atoms. The third kappa shape index (κ3) is 2.20. The molecule has 1 rings (SSSR count). The van der Waals surface area contributed by atoms with Crippen LogP contribution in [0.2, 0.25) is 25.1 Å². The summed E-state index contributed by atoms with van der Waals surface area (Å²) in [6.45, 7) is 0. The molecular weight excluding hydrogens is 244 g/mol. The molecule has 0 aromatic heterocycles. The van der Waals surface area contributed by atoms with Gasteiger partial charge in [-0.1, -0.05) is 10.0 Å². The maximum Gasteiger partial charge on any atom is 1.00 e. The maximum absolute atomic E-state index is 5.57. The van der Waals surface area contributed by atoms with Crippen molar-refractivity contribution in [1.82, 2.24) is 0 Å². The minimum absolute atomic E-state index is 0. The average molecular weight is 244 g/mol. The summed E-state index contributed by atoms with van der Waals surface area (Å²) in [6.07, 6.45) is 0. The fourth-order valence-electron chi connectivity index (χ4n) is 0.482. The summed E-state index contributed by atoms with van der Waals surface area (Å²) >= 11 is 27.9. The number of hydrogen-bond acceptors (Lipinski definition) is 0. The molecule has 0 saturated carbocycles. The van der Waals surface area contributed by atoms with Crippen LogP contribution in [0.5, 0.6) is 0 Å². The molecule has 0 aliphatic carbocycles. The van der Waals surface area contributed by atoms with E-state index in [0.29, 0.717) is 0 Å². The van der Waals surface area contributed by atoms with Crippen molar-refractivity contribution in [1.29, 1.82) is 0 Å². The summed E-state index contributed by atoms with van der Waals surface area (Å²) < 4.78 is 0. The molecule has 0 saturated heterocycles. The van der Waals surface area contributed by atoms with E-state index in [0.717, 1.165) is 0 Å². The SMILES string of the molecule is Clc1c(Cl)c(Cl)[c-](Cl)c1Cl.[Li+]. The van der Waals surface area contributed by atoms with E-state index >= 15 is 0 Å². The first-order valence-electron chi connectivity index (χ1n) is 2.19. The van der Waals surface area contributed by atoms with Gasteiger partial charge in [0.1, 0.15) is 0 Å². The molecule has 0 nitrogen and oxygen atoms in total. The standard InChI is InChI=1S/C5Cl5.Li/c6-1-2(7)4(9)5(10)3(1)8;/q-1;+1. The molecule has 0 aliphatic rings.